The molecule has 10 heteroatoms. The molecule has 4 fully saturated rings. The van der Waals surface area contributed by atoms with Gasteiger partial charge in [0.2, 0.25) is 5.91 Å². The van der Waals surface area contributed by atoms with Gasteiger partial charge in [0.05, 0.1) is 42.4 Å². The molecule has 160 valence electrons. The lowest BCUT2D eigenvalue weighted by Crippen LogP contribution is -2.61. The third-order valence-electron chi connectivity index (χ3n) is 6.54. The van der Waals surface area contributed by atoms with Gasteiger partial charge in [0.25, 0.3) is 0 Å². The second-order valence-electron chi connectivity index (χ2n) is 8.54. The Balaban J connectivity index is 1.34. The SMILES string of the molecule is CN1CCC[C@@H]1COC1CCNCC1NC(=O)C1C(N)NN2CC(Cl)CNC12. The van der Waals surface area contributed by atoms with Crippen LogP contribution in [0.15, 0.2) is 0 Å². The first-order valence-corrected chi connectivity index (χ1v) is 11.0. The number of likely N-dealkylation sites (tertiary alicyclic amines) is 1. The second kappa shape index (κ2) is 9.09. The fraction of sp³-hybridized carbons (Fsp3) is 0.944. The molecule has 4 heterocycles. The van der Waals surface area contributed by atoms with E-state index in [1.807, 2.05) is 5.01 Å². The third kappa shape index (κ3) is 4.46. The number of fused-ring (bicyclic) bond motifs is 1. The number of likely N-dealkylation sites (N-methyl/N-ethyl adjacent to an activating group) is 1. The van der Waals surface area contributed by atoms with E-state index in [2.05, 4.69) is 33.3 Å². The monoisotopic (exact) mass is 415 g/mol. The summed E-state index contributed by atoms with van der Waals surface area (Å²) in [5.74, 6) is -0.402. The van der Waals surface area contributed by atoms with Crippen molar-refractivity contribution in [3.63, 3.8) is 0 Å². The Morgan fingerprint density at radius 2 is 2.21 bits per heavy atom. The van der Waals surface area contributed by atoms with E-state index in [4.69, 9.17) is 22.1 Å². The summed E-state index contributed by atoms with van der Waals surface area (Å²) in [4.78, 5) is 15.5. The number of nitrogens with zero attached hydrogens (tertiary/aromatic N) is 2. The molecule has 0 aromatic heterocycles. The van der Waals surface area contributed by atoms with Crippen LogP contribution in [0.5, 0.6) is 0 Å². The van der Waals surface area contributed by atoms with Gasteiger partial charge in [0, 0.05) is 25.7 Å². The molecule has 4 saturated heterocycles. The normalized spacial score (nSPS) is 42.5. The molecule has 4 aliphatic rings. The van der Waals surface area contributed by atoms with Gasteiger partial charge in [-0.05, 0) is 39.4 Å². The van der Waals surface area contributed by atoms with Crippen LogP contribution < -0.4 is 27.1 Å². The molecule has 0 aromatic rings. The number of nitrogens with two attached hydrogens (primary N) is 1. The lowest BCUT2D eigenvalue weighted by molar-refractivity contribution is -0.129. The van der Waals surface area contributed by atoms with Crippen molar-refractivity contribution in [2.75, 3.05) is 46.4 Å². The Bertz CT molecular complexity index is 556. The summed E-state index contributed by atoms with van der Waals surface area (Å²) in [7, 11) is 2.16. The van der Waals surface area contributed by atoms with E-state index in [0.717, 1.165) is 32.7 Å². The third-order valence-corrected chi connectivity index (χ3v) is 6.84. The van der Waals surface area contributed by atoms with Crippen LogP contribution in [-0.4, -0.2) is 98.1 Å². The fourth-order valence-electron chi connectivity index (χ4n) is 4.86. The van der Waals surface area contributed by atoms with Crippen LogP contribution in [0, 0.1) is 5.92 Å². The number of halogens is 1. The fourth-order valence-corrected chi connectivity index (χ4v) is 5.10. The van der Waals surface area contributed by atoms with Crippen LogP contribution in [0.4, 0.5) is 0 Å². The molecule has 0 bridgehead atoms. The van der Waals surface area contributed by atoms with Gasteiger partial charge < -0.3 is 26.0 Å². The van der Waals surface area contributed by atoms with E-state index in [0.29, 0.717) is 19.1 Å². The van der Waals surface area contributed by atoms with E-state index in [9.17, 15) is 4.79 Å². The number of carbonyl (C=O) groups is 1. The summed E-state index contributed by atoms with van der Waals surface area (Å²) in [5, 5.41) is 11.9. The van der Waals surface area contributed by atoms with Crippen molar-refractivity contribution in [2.24, 2.45) is 11.7 Å². The first-order chi connectivity index (χ1) is 13.5. The van der Waals surface area contributed by atoms with E-state index in [1.165, 1.54) is 12.8 Å². The van der Waals surface area contributed by atoms with Gasteiger partial charge in [0.1, 0.15) is 0 Å². The van der Waals surface area contributed by atoms with E-state index >= 15 is 0 Å². The maximum absolute atomic E-state index is 13.1. The van der Waals surface area contributed by atoms with Crippen LogP contribution in [0.3, 0.4) is 0 Å². The average molecular weight is 416 g/mol. The second-order valence-corrected chi connectivity index (χ2v) is 9.16. The number of nitrogens with one attached hydrogen (secondary N) is 4. The van der Waals surface area contributed by atoms with Gasteiger partial charge in [-0.2, -0.15) is 0 Å². The van der Waals surface area contributed by atoms with Crippen LogP contribution >= 0.6 is 11.6 Å². The molecule has 0 spiro atoms. The number of carbonyl (C=O) groups excluding carboxylic acids is 1. The number of hydrogen-bond donors (Lipinski definition) is 5. The maximum atomic E-state index is 13.1. The molecule has 6 N–H and O–H groups in total. The Morgan fingerprint density at radius 1 is 1.36 bits per heavy atom. The molecule has 4 rings (SSSR count). The highest BCUT2D eigenvalue weighted by Crippen LogP contribution is 2.23. The molecule has 6 unspecified atom stereocenters. The largest absolute Gasteiger partial charge is 0.374 e. The zero-order valence-electron chi connectivity index (χ0n) is 16.6. The van der Waals surface area contributed by atoms with Crippen molar-refractivity contribution in [1.82, 2.24) is 31.3 Å². The topological polar surface area (TPSA) is 107 Å². The van der Waals surface area contributed by atoms with Crippen LogP contribution in [0.25, 0.3) is 0 Å². The smallest absolute Gasteiger partial charge is 0.229 e. The minimum Gasteiger partial charge on any atom is -0.374 e. The van der Waals surface area contributed by atoms with Gasteiger partial charge in [-0.1, -0.05) is 0 Å². The molecule has 0 aromatic carbocycles. The quantitative estimate of drug-likeness (QED) is 0.335. The minimum absolute atomic E-state index is 0.00630. The Kier molecular flexibility index (Phi) is 6.74. The van der Waals surface area contributed by atoms with Crippen LogP contribution in [0.2, 0.25) is 0 Å². The molecular weight excluding hydrogens is 382 g/mol. The number of hydrazine groups is 1. The summed E-state index contributed by atoms with van der Waals surface area (Å²) in [6.07, 6.45) is 2.80. The number of piperidine rings is 1. The molecule has 4 aliphatic heterocycles. The van der Waals surface area contributed by atoms with Crippen molar-refractivity contribution in [3.8, 4) is 0 Å². The molecule has 0 radical (unpaired) electrons. The standard InChI is InChI=1S/C18H34ClN7O2/c1-25-6-2-3-12(25)10-28-14-4-5-21-8-13(14)23-18(27)15-16(20)24-26-9-11(19)7-22-17(15)26/h11-17,21-22,24H,2-10,20H2,1H3,(H,23,27)/t11?,12-,13?,14?,15?,16?,17?/m1/s1. The summed E-state index contributed by atoms with van der Waals surface area (Å²) in [5.41, 5.74) is 9.42. The van der Waals surface area contributed by atoms with Gasteiger partial charge in [0.15, 0.2) is 0 Å². The Labute approximate surface area is 172 Å². The van der Waals surface area contributed by atoms with Crippen molar-refractivity contribution in [2.45, 2.75) is 55.2 Å². The predicted octanol–water partition coefficient (Wildman–Crippen LogP) is -1.80. The summed E-state index contributed by atoms with van der Waals surface area (Å²) in [6.45, 7) is 4.85. The molecule has 1 amide bonds. The van der Waals surface area contributed by atoms with Crippen molar-refractivity contribution >= 4 is 17.5 Å². The highest BCUT2D eigenvalue weighted by atomic mass is 35.5. The van der Waals surface area contributed by atoms with Crippen molar-refractivity contribution in [3.05, 3.63) is 0 Å². The van der Waals surface area contributed by atoms with Crippen LogP contribution in [-0.2, 0) is 9.53 Å². The number of ether oxygens (including phenoxy) is 1. The summed E-state index contributed by atoms with van der Waals surface area (Å²) in [6, 6.07) is 0.445. The lowest BCUT2D eigenvalue weighted by atomic mass is 9.98. The molecular formula is C18H34ClN7O2. The van der Waals surface area contributed by atoms with Gasteiger partial charge in [-0.3, -0.25) is 10.1 Å². The number of rotatable bonds is 5. The van der Waals surface area contributed by atoms with Crippen molar-refractivity contribution < 1.29 is 9.53 Å². The highest BCUT2D eigenvalue weighted by Gasteiger charge is 2.47. The van der Waals surface area contributed by atoms with Crippen LogP contribution in [0.1, 0.15) is 19.3 Å². The van der Waals surface area contributed by atoms with E-state index in [-0.39, 0.29) is 35.5 Å². The molecule has 28 heavy (non-hydrogen) atoms. The van der Waals surface area contributed by atoms with Gasteiger partial charge >= 0.3 is 0 Å². The number of hydrogen-bond acceptors (Lipinski definition) is 8. The molecule has 0 saturated carbocycles. The Hall–Kier alpha value is -0.520. The Morgan fingerprint density at radius 3 is 3.00 bits per heavy atom. The first kappa shape index (κ1) is 20.7. The number of amides is 1. The first-order valence-electron chi connectivity index (χ1n) is 10.5. The summed E-state index contributed by atoms with van der Waals surface area (Å²) >= 11 is 6.22. The number of alkyl halides is 1. The molecule has 0 aliphatic carbocycles. The van der Waals surface area contributed by atoms with Gasteiger partial charge in [-0.15, -0.1) is 11.6 Å². The van der Waals surface area contributed by atoms with Crippen molar-refractivity contribution in [1.29, 1.82) is 0 Å². The summed E-state index contributed by atoms with van der Waals surface area (Å²) < 4.78 is 6.27. The lowest BCUT2D eigenvalue weighted by Gasteiger charge is -2.37. The zero-order chi connectivity index (χ0) is 19.7. The zero-order valence-corrected chi connectivity index (χ0v) is 17.3. The minimum atomic E-state index is -0.428. The van der Waals surface area contributed by atoms with Gasteiger partial charge in [-0.25, -0.2) is 10.4 Å². The molecule has 9 nitrogen and oxygen atoms in total. The van der Waals surface area contributed by atoms with E-state index < -0.39 is 6.17 Å². The predicted molar refractivity (Wildman–Crippen MR) is 108 cm³/mol. The maximum Gasteiger partial charge on any atom is 0.229 e. The highest BCUT2D eigenvalue weighted by molar-refractivity contribution is 6.21. The van der Waals surface area contributed by atoms with E-state index in [1.54, 1.807) is 0 Å². The molecule has 7 atom stereocenters. The average Bonchev–Trinajstić information content (AvgIpc) is 3.22.